The second-order valence-corrected chi connectivity index (χ2v) is 5.26. The van der Waals surface area contributed by atoms with Gasteiger partial charge in [-0.05, 0) is 6.42 Å². The summed E-state index contributed by atoms with van der Waals surface area (Å²) >= 11 is 0. The molecule has 0 spiro atoms. The summed E-state index contributed by atoms with van der Waals surface area (Å²) in [5.74, 6) is -5.58. The van der Waals surface area contributed by atoms with Crippen molar-refractivity contribution in [2.75, 3.05) is 0 Å². The van der Waals surface area contributed by atoms with Crippen molar-refractivity contribution in [2.24, 2.45) is 5.73 Å². The fourth-order valence-electron chi connectivity index (χ4n) is 1.34. The van der Waals surface area contributed by atoms with Gasteiger partial charge in [0.25, 0.3) is 0 Å². The SMILES string of the molecule is NC(CCC(=O)O)(C(=O)O)C(C(=O)O)P(=O)(O)O. The van der Waals surface area contributed by atoms with Crippen molar-refractivity contribution < 1.29 is 44.1 Å². The van der Waals surface area contributed by atoms with Crippen LogP contribution in [0.4, 0.5) is 0 Å². The lowest BCUT2D eigenvalue weighted by molar-refractivity contribution is -0.151. The number of aliphatic carboxylic acids is 3. The number of hydrogen-bond acceptors (Lipinski definition) is 5. The van der Waals surface area contributed by atoms with E-state index in [1.807, 2.05) is 0 Å². The Labute approximate surface area is 100 Å². The van der Waals surface area contributed by atoms with E-state index in [2.05, 4.69) is 0 Å². The van der Waals surface area contributed by atoms with Gasteiger partial charge < -0.3 is 30.8 Å². The van der Waals surface area contributed by atoms with Gasteiger partial charge in [0, 0.05) is 6.42 Å². The fourth-order valence-corrected chi connectivity index (χ4v) is 2.47. The lowest BCUT2D eigenvalue weighted by Gasteiger charge is -2.30. The van der Waals surface area contributed by atoms with Crippen LogP contribution in [0, 0.1) is 0 Å². The van der Waals surface area contributed by atoms with Crippen LogP contribution in [-0.4, -0.2) is 54.2 Å². The number of hydrogen-bond donors (Lipinski definition) is 6. The molecular weight excluding hydrogens is 273 g/mol. The van der Waals surface area contributed by atoms with Gasteiger partial charge in [0.15, 0.2) is 5.66 Å². The third-order valence-electron chi connectivity index (χ3n) is 2.21. The van der Waals surface area contributed by atoms with E-state index < -0.39 is 49.5 Å². The first-order chi connectivity index (χ1) is 7.93. The summed E-state index contributed by atoms with van der Waals surface area (Å²) in [7, 11) is -5.37. The molecule has 0 radical (unpaired) electrons. The Balaban J connectivity index is 5.54. The summed E-state index contributed by atoms with van der Waals surface area (Å²) in [6.45, 7) is 0. The van der Waals surface area contributed by atoms with Gasteiger partial charge in [0.2, 0.25) is 0 Å². The van der Waals surface area contributed by atoms with Gasteiger partial charge in [-0.3, -0.25) is 18.9 Å². The van der Waals surface area contributed by atoms with E-state index in [1.165, 1.54) is 0 Å². The van der Waals surface area contributed by atoms with E-state index >= 15 is 0 Å². The highest BCUT2D eigenvalue weighted by Crippen LogP contribution is 2.47. The Morgan fingerprint density at radius 1 is 1.17 bits per heavy atom. The molecule has 0 fully saturated rings. The Hall–Kier alpha value is -1.48. The molecule has 2 atom stereocenters. The molecule has 7 N–H and O–H groups in total. The maximum Gasteiger partial charge on any atom is 0.342 e. The van der Waals surface area contributed by atoms with E-state index in [4.69, 9.17) is 30.8 Å². The average Bonchev–Trinajstić information content (AvgIpc) is 2.11. The molecule has 18 heavy (non-hydrogen) atoms. The molecule has 104 valence electrons. The van der Waals surface area contributed by atoms with Crippen LogP contribution in [0.1, 0.15) is 12.8 Å². The van der Waals surface area contributed by atoms with E-state index in [0.29, 0.717) is 0 Å². The van der Waals surface area contributed by atoms with Crippen LogP contribution in [0.15, 0.2) is 0 Å². The van der Waals surface area contributed by atoms with Gasteiger partial charge in [-0.1, -0.05) is 0 Å². The molecule has 0 aromatic rings. The smallest absolute Gasteiger partial charge is 0.342 e. The minimum absolute atomic E-state index is 0.841. The van der Waals surface area contributed by atoms with E-state index in [1.54, 1.807) is 0 Å². The van der Waals surface area contributed by atoms with Crippen molar-refractivity contribution in [3.8, 4) is 0 Å². The number of carboxylic acid groups (broad SMARTS) is 3. The molecule has 0 aliphatic carbocycles. The minimum atomic E-state index is -5.37. The van der Waals surface area contributed by atoms with Crippen molar-refractivity contribution in [1.82, 2.24) is 0 Å². The predicted octanol–water partition coefficient (Wildman–Crippen LogP) is -1.74. The minimum Gasteiger partial charge on any atom is -0.481 e. The van der Waals surface area contributed by atoms with Crippen LogP contribution in [0.3, 0.4) is 0 Å². The summed E-state index contributed by atoms with van der Waals surface area (Å²) in [4.78, 5) is 49.7. The van der Waals surface area contributed by atoms with Gasteiger partial charge in [-0.2, -0.15) is 0 Å². The Bertz CT molecular complexity index is 415. The molecule has 0 aromatic heterocycles. The highest BCUT2D eigenvalue weighted by Gasteiger charge is 2.55. The predicted molar refractivity (Wildman–Crippen MR) is 54.9 cm³/mol. The second kappa shape index (κ2) is 5.44. The zero-order valence-corrected chi connectivity index (χ0v) is 9.78. The van der Waals surface area contributed by atoms with Crippen LogP contribution in [0.2, 0.25) is 0 Å². The summed E-state index contributed by atoms with van der Waals surface area (Å²) in [6, 6.07) is 0. The molecule has 0 aliphatic heterocycles. The molecule has 0 rings (SSSR count). The summed E-state index contributed by atoms with van der Waals surface area (Å²) < 4.78 is 11.0. The molecular formula is C7H12NO9P. The quantitative estimate of drug-likeness (QED) is 0.292. The van der Waals surface area contributed by atoms with Crippen molar-refractivity contribution >= 4 is 25.5 Å². The number of nitrogens with two attached hydrogens (primary N) is 1. The molecule has 0 aliphatic rings. The third kappa shape index (κ3) is 3.77. The molecule has 10 nitrogen and oxygen atoms in total. The molecule has 11 heteroatoms. The third-order valence-corrected chi connectivity index (χ3v) is 3.56. The van der Waals surface area contributed by atoms with Crippen molar-refractivity contribution in [2.45, 2.75) is 24.0 Å². The molecule has 0 heterocycles. The van der Waals surface area contributed by atoms with E-state index in [0.717, 1.165) is 0 Å². The summed E-state index contributed by atoms with van der Waals surface area (Å²) in [5.41, 5.74) is -0.408. The zero-order valence-electron chi connectivity index (χ0n) is 8.89. The van der Waals surface area contributed by atoms with Crippen molar-refractivity contribution in [3.05, 3.63) is 0 Å². The first-order valence-corrected chi connectivity index (χ1v) is 6.13. The first-order valence-electron chi connectivity index (χ1n) is 4.45. The summed E-state index contributed by atoms with van der Waals surface area (Å²) in [5, 5.41) is 25.9. The van der Waals surface area contributed by atoms with Crippen molar-refractivity contribution in [3.63, 3.8) is 0 Å². The molecule has 0 amide bonds. The maximum absolute atomic E-state index is 11.0. The normalized spacial score (nSPS) is 16.6. The monoisotopic (exact) mass is 285 g/mol. The van der Waals surface area contributed by atoms with Gasteiger partial charge in [-0.15, -0.1) is 0 Å². The van der Waals surface area contributed by atoms with Crippen LogP contribution >= 0.6 is 7.60 Å². The first kappa shape index (κ1) is 16.5. The summed E-state index contributed by atoms with van der Waals surface area (Å²) in [6.07, 6.45) is -1.77. The van der Waals surface area contributed by atoms with Gasteiger partial charge in [0.1, 0.15) is 5.54 Å². The molecule has 0 aromatic carbocycles. The highest BCUT2D eigenvalue weighted by atomic mass is 31.2. The largest absolute Gasteiger partial charge is 0.481 e. The lowest BCUT2D eigenvalue weighted by Crippen LogP contribution is -2.60. The molecule has 2 unspecified atom stereocenters. The molecule has 0 saturated carbocycles. The molecule has 0 bridgehead atoms. The average molecular weight is 285 g/mol. The number of carbonyl (C=O) groups is 3. The van der Waals surface area contributed by atoms with Crippen LogP contribution in [0.5, 0.6) is 0 Å². The van der Waals surface area contributed by atoms with Crippen LogP contribution < -0.4 is 5.73 Å². The van der Waals surface area contributed by atoms with E-state index in [9.17, 15) is 18.9 Å². The highest BCUT2D eigenvalue weighted by molar-refractivity contribution is 7.53. The van der Waals surface area contributed by atoms with Gasteiger partial charge >= 0.3 is 25.5 Å². The Kier molecular flexibility index (Phi) is 4.99. The standard InChI is InChI=1S/C7H12NO9P/c8-7(6(13)14,2-1-3(9)10)4(5(11)12)18(15,16)17/h4H,1-2,8H2,(H,9,10)(H,11,12)(H,13,14)(H2,15,16,17). The van der Waals surface area contributed by atoms with Gasteiger partial charge in [-0.25, -0.2) is 0 Å². The second-order valence-electron chi connectivity index (χ2n) is 3.57. The number of rotatable bonds is 7. The lowest BCUT2D eigenvalue weighted by atomic mass is 9.90. The number of carboxylic acids is 3. The Morgan fingerprint density at radius 3 is 1.83 bits per heavy atom. The zero-order chi connectivity index (χ0) is 14.7. The fraction of sp³-hybridized carbons (Fsp3) is 0.571. The Morgan fingerprint density at radius 2 is 1.61 bits per heavy atom. The van der Waals surface area contributed by atoms with Crippen LogP contribution in [0.25, 0.3) is 0 Å². The maximum atomic E-state index is 11.0. The van der Waals surface area contributed by atoms with Crippen LogP contribution in [-0.2, 0) is 18.9 Å². The topological polar surface area (TPSA) is 195 Å². The van der Waals surface area contributed by atoms with E-state index in [-0.39, 0.29) is 0 Å². The van der Waals surface area contributed by atoms with Crippen molar-refractivity contribution in [1.29, 1.82) is 0 Å². The molecule has 0 saturated heterocycles. The van der Waals surface area contributed by atoms with Gasteiger partial charge in [0.05, 0.1) is 0 Å².